The van der Waals surface area contributed by atoms with E-state index in [1.165, 1.54) is 6.21 Å². The summed E-state index contributed by atoms with van der Waals surface area (Å²) >= 11 is 7.55. The second-order valence-corrected chi connectivity index (χ2v) is 7.80. The van der Waals surface area contributed by atoms with Crippen LogP contribution in [0.3, 0.4) is 0 Å². The minimum Gasteiger partial charge on any atom is -0.506 e. The smallest absolute Gasteiger partial charge is 0.259 e. The molecule has 0 atom stereocenters. The quantitative estimate of drug-likeness (QED) is 0.277. The summed E-state index contributed by atoms with van der Waals surface area (Å²) in [6.45, 7) is 0.106. The zero-order chi connectivity index (χ0) is 16.8. The normalized spacial score (nSPS) is 10.7. The highest BCUT2D eigenvalue weighted by atomic mass is 127. The number of hydrazone groups is 1. The minimum atomic E-state index is -0.274. The average molecular weight is 600 g/mol. The molecule has 0 bridgehead atoms. The lowest BCUT2D eigenvalue weighted by Crippen LogP contribution is -2.25. The zero-order valence-electron chi connectivity index (χ0n) is 11.7. The Balaban J connectivity index is 1.88. The molecule has 0 heterocycles. The largest absolute Gasteiger partial charge is 0.506 e. The molecule has 2 rings (SSSR count). The Labute approximate surface area is 169 Å². The van der Waals surface area contributed by atoms with Gasteiger partial charge in [0.25, 0.3) is 5.91 Å². The Bertz CT molecular complexity index is 736. The maximum atomic E-state index is 11.7. The monoisotopic (exact) mass is 599 g/mol. The van der Waals surface area contributed by atoms with Crippen molar-refractivity contribution in [2.75, 3.05) is 11.9 Å². The molecule has 2 aromatic carbocycles. The van der Waals surface area contributed by atoms with E-state index >= 15 is 0 Å². The number of amides is 1. The molecule has 8 heteroatoms. The van der Waals surface area contributed by atoms with E-state index in [2.05, 4.69) is 54.4 Å². The number of nitrogens with one attached hydrogen (secondary N) is 2. The van der Waals surface area contributed by atoms with Crippen LogP contribution in [-0.4, -0.2) is 23.8 Å². The number of hydrogen-bond donors (Lipinski definition) is 3. The highest BCUT2D eigenvalue weighted by Gasteiger charge is 2.05. The van der Waals surface area contributed by atoms with E-state index in [4.69, 9.17) is 0 Å². The molecule has 0 aromatic heterocycles. The third-order valence-corrected chi connectivity index (χ3v) is 4.72. The molecule has 120 valence electrons. The standard InChI is InChI=1S/C15H12BrI2N3O2/c16-10-1-3-12(4-2-10)19-8-14(22)21-20-7-9-5-11(17)6-13(18)15(9)23/h1-7,19,23H,8H2,(H,21,22)/b20-7-. The van der Waals surface area contributed by atoms with Crippen molar-refractivity contribution in [1.29, 1.82) is 0 Å². The fourth-order valence-electron chi connectivity index (χ4n) is 1.65. The fourth-order valence-corrected chi connectivity index (χ4v) is 3.80. The summed E-state index contributed by atoms with van der Waals surface area (Å²) in [7, 11) is 0. The van der Waals surface area contributed by atoms with Gasteiger partial charge in [-0.25, -0.2) is 5.43 Å². The summed E-state index contributed by atoms with van der Waals surface area (Å²) in [5.74, 6) is -0.124. The summed E-state index contributed by atoms with van der Waals surface area (Å²) in [5, 5.41) is 16.8. The van der Waals surface area contributed by atoms with Crippen LogP contribution in [-0.2, 0) is 4.79 Å². The molecule has 0 spiro atoms. The van der Waals surface area contributed by atoms with E-state index in [9.17, 15) is 9.90 Å². The summed E-state index contributed by atoms with van der Waals surface area (Å²) in [4.78, 5) is 11.7. The number of anilines is 1. The topological polar surface area (TPSA) is 73.7 Å². The molecule has 0 saturated heterocycles. The first-order valence-corrected chi connectivity index (χ1v) is 9.40. The first-order valence-electron chi connectivity index (χ1n) is 6.45. The Morgan fingerprint density at radius 3 is 2.65 bits per heavy atom. The van der Waals surface area contributed by atoms with Gasteiger partial charge < -0.3 is 10.4 Å². The van der Waals surface area contributed by atoms with E-state index in [1.807, 2.05) is 52.9 Å². The Hall–Kier alpha value is -0.880. The summed E-state index contributed by atoms with van der Waals surface area (Å²) < 4.78 is 2.69. The lowest BCUT2D eigenvalue weighted by Gasteiger charge is -2.05. The highest BCUT2D eigenvalue weighted by molar-refractivity contribution is 14.1. The number of halogens is 3. The number of carbonyl (C=O) groups is 1. The SMILES string of the molecule is O=C(CNc1ccc(Br)cc1)N/N=C\c1cc(I)cc(I)c1O. The molecule has 0 aliphatic rings. The van der Waals surface area contributed by atoms with Crippen molar-refractivity contribution >= 4 is 78.9 Å². The lowest BCUT2D eigenvalue weighted by molar-refractivity contribution is -0.119. The van der Waals surface area contributed by atoms with Crippen LogP contribution in [0.4, 0.5) is 5.69 Å². The first-order chi connectivity index (χ1) is 11.0. The molecular weight excluding hydrogens is 588 g/mol. The fraction of sp³-hybridized carbons (Fsp3) is 0.0667. The van der Waals surface area contributed by atoms with Gasteiger partial charge in [0.15, 0.2) is 0 Å². The van der Waals surface area contributed by atoms with Gasteiger partial charge in [-0.1, -0.05) is 15.9 Å². The molecule has 23 heavy (non-hydrogen) atoms. The second-order valence-electron chi connectivity index (χ2n) is 4.48. The number of phenols is 1. The Kier molecular flexibility index (Phi) is 7.09. The molecule has 0 unspecified atom stereocenters. The Morgan fingerprint density at radius 2 is 1.96 bits per heavy atom. The van der Waals surface area contributed by atoms with Gasteiger partial charge >= 0.3 is 0 Å². The van der Waals surface area contributed by atoms with Gasteiger partial charge in [-0.3, -0.25) is 4.79 Å². The summed E-state index contributed by atoms with van der Waals surface area (Å²) in [6.07, 6.45) is 1.43. The van der Waals surface area contributed by atoms with E-state index in [0.717, 1.165) is 17.3 Å². The van der Waals surface area contributed by atoms with Gasteiger partial charge in [0, 0.05) is 19.3 Å². The maximum absolute atomic E-state index is 11.7. The second kappa shape index (κ2) is 8.83. The van der Waals surface area contributed by atoms with Gasteiger partial charge in [-0.2, -0.15) is 5.10 Å². The van der Waals surface area contributed by atoms with Crippen LogP contribution in [0.15, 0.2) is 46.0 Å². The summed E-state index contributed by atoms with van der Waals surface area (Å²) in [5.41, 5.74) is 3.82. The van der Waals surface area contributed by atoms with Crippen molar-refractivity contribution in [1.82, 2.24) is 5.43 Å². The predicted octanol–water partition coefficient (Wildman–Crippen LogP) is 3.93. The number of nitrogens with zero attached hydrogens (tertiary/aromatic N) is 1. The van der Waals surface area contributed by atoms with E-state index in [1.54, 1.807) is 6.07 Å². The van der Waals surface area contributed by atoms with Crippen molar-refractivity contribution in [2.45, 2.75) is 0 Å². The van der Waals surface area contributed by atoms with Gasteiger partial charge in [-0.05, 0) is 81.6 Å². The molecule has 0 aliphatic heterocycles. The van der Waals surface area contributed by atoms with Crippen molar-refractivity contribution in [3.8, 4) is 5.75 Å². The molecule has 2 aromatic rings. The van der Waals surface area contributed by atoms with Crippen LogP contribution in [0.25, 0.3) is 0 Å². The van der Waals surface area contributed by atoms with Crippen LogP contribution in [0.1, 0.15) is 5.56 Å². The number of hydrogen-bond acceptors (Lipinski definition) is 4. The van der Waals surface area contributed by atoms with Gasteiger partial charge in [0.05, 0.1) is 16.3 Å². The van der Waals surface area contributed by atoms with Crippen molar-refractivity contribution < 1.29 is 9.90 Å². The third-order valence-electron chi connectivity index (χ3n) is 2.75. The zero-order valence-corrected chi connectivity index (χ0v) is 17.6. The third kappa shape index (κ3) is 5.92. The average Bonchev–Trinajstić information content (AvgIpc) is 2.51. The molecule has 0 fully saturated rings. The van der Waals surface area contributed by atoms with E-state index < -0.39 is 0 Å². The molecule has 5 nitrogen and oxygen atoms in total. The highest BCUT2D eigenvalue weighted by Crippen LogP contribution is 2.25. The molecule has 1 amide bonds. The molecule has 0 radical (unpaired) electrons. The Morgan fingerprint density at radius 1 is 1.26 bits per heavy atom. The number of benzene rings is 2. The van der Waals surface area contributed by atoms with Crippen molar-refractivity contribution in [2.24, 2.45) is 5.10 Å². The van der Waals surface area contributed by atoms with Crippen LogP contribution in [0.5, 0.6) is 5.75 Å². The van der Waals surface area contributed by atoms with Crippen LogP contribution in [0, 0.1) is 7.14 Å². The van der Waals surface area contributed by atoms with Crippen LogP contribution in [0.2, 0.25) is 0 Å². The van der Waals surface area contributed by atoms with Crippen molar-refractivity contribution in [3.05, 3.63) is 53.6 Å². The van der Waals surface area contributed by atoms with Gasteiger partial charge in [0.1, 0.15) is 5.75 Å². The number of aromatic hydroxyl groups is 1. The predicted molar refractivity (Wildman–Crippen MR) is 112 cm³/mol. The first kappa shape index (κ1) is 18.5. The number of phenolic OH excluding ortho intramolecular Hbond substituents is 1. The van der Waals surface area contributed by atoms with Gasteiger partial charge in [-0.15, -0.1) is 0 Å². The van der Waals surface area contributed by atoms with E-state index in [0.29, 0.717) is 5.56 Å². The number of rotatable bonds is 5. The lowest BCUT2D eigenvalue weighted by atomic mass is 10.2. The van der Waals surface area contributed by atoms with Crippen molar-refractivity contribution in [3.63, 3.8) is 0 Å². The molecule has 3 N–H and O–H groups in total. The maximum Gasteiger partial charge on any atom is 0.259 e. The molecule has 0 saturated carbocycles. The molecule has 0 aliphatic carbocycles. The summed E-state index contributed by atoms with van der Waals surface area (Å²) in [6, 6.07) is 11.2. The van der Waals surface area contributed by atoms with E-state index in [-0.39, 0.29) is 18.2 Å². The minimum absolute atomic E-state index is 0.106. The number of carbonyl (C=O) groups excluding carboxylic acids is 1. The van der Waals surface area contributed by atoms with Crippen LogP contribution >= 0.6 is 61.1 Å². The molecular formula is C15H12BrI2N3O2. The van der Waals surface area contributed by atoms with Crippen LogP contribution < -0.4 is 10.7 Å². The van der Waals surface area contributed by atoms with Gasteiger partial charge in [0.2, 0.25) is 0 Å².